The minimum absolute atomic E-state index is 0.596. The Balaban J connectivity index is 1.80. The highest BCUT2D eigenvalue weighted by molar-refractivity contribution is 7.56. The molecular weight excluding hydrogens is 337 g/mol. The number of ether oxygens (including phenoxy) is 1. The van der Waals surface area contributed by atoms with Gasteiger partial charge in [-0.2, -0.15) is 5.10 Å². The number of pyridine rings is 1. The van der Waals surface area contributed by atoms with Crippen LogP contribution < -0.4 is 10.0 Å². The van der Waals surface area contributed by atoms with E-state index in [1.807, 2.05) is 24.6 Å². The summed E-state index contributed by atoms with van der Waals surface area (Å²) in [6, 6.07) is 10.3. The van der Waals surface area contributed by atoms with E-state index in [0.29, 0.717) is 25.6 Å². The minimum Gasteiger partial charge on any atom is -0.480 e. The maximum atomic E-state index is 5.70. The van der Waals surface area contributed by atoms with E-state index in [9.17, 15) is 0 Å². The van der Waals surface area contributed by atoms with Crippen LogP contribution in [0.1, 0.15) is 19.4 Å². The van der Waals surface area contributed by atoms with Crippen molar-refractivity contribution >= 4 is 24.6 Å². The SMILES string of the molecule is CCOP(OCC)c1ccc(Cn2ncc3c(OC)nccc32)cc1. The van der Waals surface area contributed by atoms with Crippen molar-refractivity contribution in [1.29, 1.82) is 0 Å². The summed E-state index contributed by atoms with van der Waals surface area (Å²) in [6.45, 7) is 5.92. The number of rotatable bonds is 8. The normalized spacial score (nSPS) is 11.4. The van der Waals surface area contributed by atoms with Gasteiger partial charge in [-0.25, -0.2) is 4.98 Å². The Morgan fingerprint density at radius 1 is 1.04 bits per heavy atom. The molecule has 6 nitrogen and oxygen atoms in total. The topological polar surface area (TPSA) is 58.4 Å². The average Bonchev–Trinajstić information content (AvgIpc) is 3.05. The van der Waals surface area contributed by atoms with Gasteiger partial charge in [0, 0.05) is 11.5 Å². The first-order valence-electron chi connectivity index (χ1n) is 8.26. The molecule has 0 saturated carbocycles. The summed E-state index contributed by atoms with van der Waals surface area (Å²) < 4.78 is 18.6. The van der Waals surface area contributed by atoms with Crippen molar-refractivity contribution in [2.45, 2.75) is 20.4 Å². The predicted octanol–water partition coefficient (Wildman–Crippen LogP) is 3.50. The zero-order valence-corrected chi connectivity index (χ0v) is 15.6. The zero-order chi connectivity index (χ0) is 17.6. The van der Waals surface area contributed by atoms with E-state index in [0.717, 1.165) is 21.8 Å². The zero-order valence-electron chi connectivity index (χ0n) is 14.7. The van der Waals surface area contributed by atoms with Crippen LogP contribution in [-0.2, 0) is 15.6 Å². The van der Waals surface area contributed by atoms with Crippen LogP contribution in [0.25, 0.3) is 10.9 Å². The van der Waals surface area contributed by atoms with Crippen molar-refractivity contribution in [3.8, 4) is 5.88 Å². The van der Waals surface area contributed by atoms with E-state index >= 15 is 0 Å². The molecule has 2 heterocycles. The number of nitrogens with zero attached hydrogens (tertiary/aromatic N) is 3. The van der Waals surface area contributed by atoms with Crippen LogP contribution in [-0.4, -0.2) is 35.1 Å². The Hall–Kier alpha value is -2.01. The molecule has 3 rings (SSSR count). The van der Waals surface area contributed by atoms with Crippen molar-refractivity contribution in [3.05, 3.63) is 48.3 Å². The summed E-state index contributed by atoms with van der Waals surface area (Å²) in [5, 5.41) is 6.46. The molecule has 3 aromatic rings. The lowest BCUT2D eigenvalue weighted by Gasteiger charge is -2.16. The molecule has 0 fully saturated rings. The molecule has 0 bridgehead atoms. The quantitative estimate of drug-likeness (QED) is 0.576. The van der Waals surface area contributed by atoms with Gasteiger partial charge in [0.1, 0.15) is 0 Å². The molecule has 0 amide bonds. The maximum absolute atomic E-state index is 5.70. The minimum atomic E-state index is -1.00. The van der Waals surface area contributed by atoms with Crippen LogP contribution >= 0.6 is 8.38 Å². The van der Waals surface area contributed by atoms with Gasteiger partial charge in [0.15, 0.2) is 0 Å². The first kappa shape index (κ1) is 17.8. The van der Waals surface area contributed by atoms with Gasteiger partial charge in [-0.3, -0.25) is 4.68 Å². The molecule has 0 N–H and O–H groups in total. The second kappa shape index (κ2) is 8.39. The van der Waals surface area contributed by atoms with E-state index in [4.69, 9.17) is 13.8 Å². The van der Waals surface area contributed by atoms with Crippen LogP contribution in [0.4, 0.5) is 0 Å². The molecule has 2 aromatic heterocycles. The third-order valence-electron chi connectivity index (χ3n) is 3.70. The Morgan fingerprint density at radius 2 is 1.76 bits per heavy atom. The average molecular weight is 359 g/mol. The molecule has 0 aliphatic carbocycles. The van der Waals surface area contributed by atoms with Crippen LogP contribution in [0.3, 0.4) is 0 Å². The Kier molecular flexibility index (Phi) is 5.97. The number of aromatic nitrogens is 3. The van der Waals surface area contributed by atoms with Gasteiger partial charge in [0.25, 0.3) is 0 Å². The first-order chi connectivity index (χ1) is 12.3. The largest absolute Gasteiger partial charge is 0.480 e. The molecule has 0 radical (unpaired) electrons. The van der Waals surface area contributed by atoms with Gasteiger partial charge >= 0.3 is 0 Å². The van der Waals surface area contributed by atoms with E-state index in [1.165, 1.54) is 0 Å². The fourth-order valence-corrected chi connectivity index (χ4v) is 3.82. The Labute approximate surface area is 148 Å². The van der Waals surface area contributed by atoms with Crippen molar-refractivity contribution < 1.29 is 13.8 Å². The fraction of sp³-hybridized carbons (Fsp3) is 0.333. The van der Waals surface area contributed by atoms with Crippen LogP contribution in [0.5, 0.6) is 5.88 Å². The molecule has 0 saturated heterocycles. The second-order valence-corrected chi connectivity index (χ2v) is 6.86. The summed E-state index contributed by atoms with van der Waals surface area (Å²) in [7, 11) is 0.617. The summed E-state index contributed by atoms with van der Waals surface area (Å²) in [4.78, 5) is 4.21. The van der Waals surface area contributed by atoms with E-state index in [2.05, 4.69) is 34.3 Å². The van der Waals surface area contributed by atoms with Crippen molar-refractivity contribution in [1.82, 2.24) is 14.8 Å². The molecule has 7 heteroatoms. The highest BCUT2D eigenvalue weighted by Crippen LogP contribution is 2.36. The summed E-state index contributed by atoms with van der Waals surface area (Å²) in [6.07, 6.45) is 3.53. The third kappa shape index (κ3) is 3.98. The number of benzene rings is 1. The molecule has 132 valence electrons. The molecule has 25 heavy (non-hydrogen) atoms. The van der Waals surface area contributed by atoms with Gasteiger partial charge in [-0.1, -0.05) is 12.1 Å². The maximum Gasteiger partial charge on any atom is 0.224 e. The monoisotopic (exact) mass is 359 g/mol. The van der Waals surface area contributed by atoms with E-state index in [-0.39, 0.29) is 0 Å². The smallest absolute Gasteiger partial charge is 0.224 e. The lowest BCUT2D eigenvalue weighted by atomic mass is 10.2. The van der Waals surface area contributed by atoms with Gasteiger partial charge in [-0.05, 0) is 37.6 Å². The number of methoxy groups -OCH3 is 1. The molecule has 1 aromatic carbocycles. The molecule has 0 atom stereocenters. The number of hydrogen-bond donors (Lipinski definition) is 0. The van der Waals surface area contributed by atoms with Gasteiger partial charge in [0.05, 0.1) is 44.0 Å². The van der Waals surface area contributed by atoms with Gasteiger partial charge in [0.2, 0.25) is 14.3 Å². The number of hydrogen-bond acceptors (Lipinski definition) is 5. The summed E-state index contributed by atoms with van der Waals surface area (Å²) in [5.74, 6) is 0.596. The fourth-order valence-electron chi connectivity index (χ4n) is 2.59. The van der Waals surface area contributed by atoms with Crippen molar-refractivity contribution in [3.63, 3.8) is 0 Å². The summed E-state index contributed by atoms with van der Waals surface area (Å²) >= 11 is 0. The Bertz CT molecular complexity index is 814. The first-order valence-corrected chi connectivity index (χ1v) is 9.44. The van der Waals surface area contributed by atoms with Crippen LogP contribution in [0.2, 0.25) is 0 Å². The lowest BCUT2D eigenvalue weighted by Crippen LogP contribution is -2.08. The lowest BCUT2D eigenvalue weighted by molar-refractivity contribution is 0.277. The Morgan fingerprint density at radius 3 is 2.40 bits per heavy atom. The standard InChI is InChI=1S/C18H22N3O3P/c1-4-23-25(24-5-2)15-8-6-14(7-9-15)13-21-17-10-11-19-18(22-3)16(17)12-20-21/h6-12H,4-5,13H2,1-3H3. The highest BCUT2D eigenvalue weighted by atomic mass is 31.2. The van der Waals surface area contributed by atoms with Gasteiger partial charge < -0.3 is 13.8 Å². The summed E-state index contributed by atoms with van der Waals surface area (Å²) in [5.41, 5.74) is 2.16. The molecular formula is C18H22N3O3P. The van der Waals surface area contributed by atoms with Crippen LogP contribution in [0.15, 0.2) is 42.7 Å². The second-order valence-electron chi connectivity index (χ2n) is 5.31. The highest BCUT2D eigenvalue weighted by Gasteiger charge is 2.13. The predicted molar refractivity (Wildman–Crippen MR) is 99.4 cm³/mol. The third-order valence-corrected chi connectivity index (χ3v) is 5.41. The molecule has 0 spiro atoms. The molecule has 0 unspecified atom stereocenters. The molecule has 0 aliphatic rings. The van der Waals surface area contributed by atoms with Crippen molar-refractivity contribution in [2.24, 2.45) is 0 Å². The van der Waals surface area contributed by atoms with Gasteiger partial charge in [-0.15, -0.1) is 0 Å². The molecule has 0 aliphatic heterocycles. The van der Waals surface area contributed by atoms with E-state index < -0.39 is 8.38 Å². The number of fused-ring (bicyclic) bond motifs is 1. The van der Waals surface area contributed by atoms with Crippen LogP contribution in [0, 0.1) is 0 Å². The van der Waals surface area contributed by atoms with E-state index in [1.54, 1.807) is 19.5 Å². The van der Waals surface area contributed by atoms with Crippen molar-refractivity contribution in [2.75, 3.05) is 20.3 Å².